The highest BCUT2D eigenvalue weighted by Crippen LogP contribution is 1.93. The first kappa shape index (κ1) is 9.25. The highest BCUT2D eigenvalue weighted by molar-refractivity contribution is 6.20. The fourth-order valence-electron chi connectivity index (χ4n) is 0.676. The lowest BCUT2D eigenvalue weighted by molar-refractivity contribution is 0.610. The van der Waals surface area contributed by atoms with E-state index in [1.807, 2.05) is 6.92 Å². The lowest BCUT2D eigenvalue weighted by Crippen LogP contribution is -2.21. The highest BCUT2D eigenvalue weighted by Gasteiger charge is 1.91. The van der Waals surface area contributed by atoms with Crippen LogP contribution in [0.15, 0.2) is 0 Å². The molecule has 0 saturated heterocycles. The van der Waals surface area contributed by atoms with Crippen LogP contribution in [0.5, 0.6) is 0 Å². The zero-order valence-electron chi connectivity index (χ0n) is 6.28. The summed E-state index contributed by atoms with van der Waals surface area (Å²) in [5.41, 5.74) is 0.127. The number of unbranched alkanes of at least 4 members (excludes halogenated alkanes) is 2. The summed E-state index contributed by atoms with van der Waals surface area (Å²) in [4.78, 5) is 0. The van der Waals surface area contributed by atoms with Gasteiger partial charge in [0.25, 0.3) is 0 Å². The van der Waals surface area contributed by atoms with Crippen LogP contribution in [0.3, 0.4) is 0 Å². The average molecular weight is 150 g/mol. The van der Waals surface area contributed by atoms with Gasteiger partial charge in [-0.05, 0) is 19.9 Å². The van der Waals surface area contributed by atoms with Crippen LogP contribution in [0.2, 0.25) is 0 Å². The second-order valence-electron chi connectivity index (χ2n) is 2.28. The highest BCUT2D eigenvalue weighted by atomic mass is 35.5. The van der Waals surface area contributed by atoms with E-state index in [-0.39, 0.29) is 5.50 Å². The second kappa shape index (κ2) is 6.37. The minimum Gasteiger partial charge on any atom is -0.302 e. The van der Waals surface area contributed by atoms with E-state index in [2.05, 4.69) is 12.2 Å². The summed E-state index contributed by atoms with van der Waals surface area (Å²) < 4.78 is 0. The fraction of sp³-hybridized carbons (Fsp3) is 1.00. The van der Waals surface area contributed by atoms with Crippen molar-refractivity contribution in [2.24, 2.45) is 0 Å². The van der Waals surface area contributed by atoms with Crippen molar-refractivity contribution >= 4 is 11.6 Å². The van der Waals surface area contributed by atoms with Gasteiger partial charge in [0.1, 0.15) is 0 Å². The van der Waals surface area contributed by atoms with Gasteiger partial charge in [0.05, 0.1) is 5.50 Å². The van der Waals surface area contributed by atoms with Gasteiger partial charge >= 0.3 is 0 Å². The first-order chi connectivity index (χ1) is 4.27. The topological polar surface area (TPSA) is 12.0 Å². The Hall–Kier alpha value is 0.250. The van der Waals surface area contributed by atoms with Crippen molar-refractivity contribution in [1.82, 2.24) is 5.32 Å². The minimum atomic E-state index is 0.127. The molecule has 0 spiro atoms. The predicted octanol–water partition coefficient (Wildman–Crippen LogP) is 2.35. The molecule has 0 amide bonds. The van der Waals surface area contributed by atoms with Crippen molar-refractivity contribution in [3.63, 3.8) is 0 Å². The SMILES string of the molecule is CCCCCNC(C)Cl. The van der Waals surface area contributed by atoms with E-state index in [0.29, 0.717) is 0 Å². The zero-order chi connectivity index (χ0) is 7.11. The molecule has 2 heteroatoms. The summed E-state index contributed by atoms with van der Waals surface area (Å²) in [6.45, 7) is 5.20. The Morgan fingerprint density at radius 3 is 2.56 bits per heavy atom. The van der Waals surface area contributed by atoms with E-state index < -0.39 is 0 Å². The van der Waals surface area contributed by atoms with Gasteiger partial charge in [-0.15, -0.1) is 11.6 Å². The van der Waals surface area contributed by atoms with E-state index in [4.69, 9.17) is 11.6 Å². The maximum absolute atomic E-state index is 5.65. The minimum absolute atomic E-state index is 0.127. The Morgan fingerprint density at radius 1 is 1.44 bits per heavy atom. The molecular formula is C7H16ClN. The van der Waals surface area contributed by atoms with Gasteiger partial charge in [0.2, 0.25) is 0 Å². The maximum atomic E-state index is 5.65. The molecule has 0 saturated carbocycles. The Balaban J connectivity index is 2.75. The van der Waals surface area contributed by atoms with Gasteiger partial charge < -0.3 is 5.32 Å². The largest absolute Gasteiger partial charge is 0.302 e. The molecule has 1 nitrogen and oxygen atoms in total. The van der Waals surface area contributed by atoms with Crippen LogP contribution in [0.1, 0.15) is 33.1 Å². The molecule has 0 radical (unpaired) electrons. The van der Waals surface area contributed by atoms with E-state index in [1.165, 1.54) is 19.3 Å². The Bertz CT molecular complexity index is 54.9. The van der Waals surface area contributed by atoms with E-state index in [0.717, 1.165) is 6.54 Å². The zero-order valence-corrected chi connectivity index (χ0v) is 7.04. The standard InChI is InChI=1S/C7H16ClN/c1-3-4-5-6-9-7(2)8/h7,9H,3-6H2,1-2H3. The van der Waals surface area contributed by atoms with Gasteiger partial charge in [-0.3, -0.25) is 0 Å². The molecule has 1 N–H and O–H groups in total. The van der Waals surface area contributed by atoms with Gasteiger partial charge in [-0.1, -0.05) is 19.8 Å². The maximum Gasteiger partial charge on any atom is 0.0796 e. The van der Waals surface area contributed by atoms with Crippen LogP contribution in [-0.4, -0.2) is 12.0 Å². The van der Waals surface area contributed by atoms with E-state index >= 15 is 0 Å². The van der Waals surface area contributed by atoms with Gasteiger partial charge in [0.15, 0.2) is 0 Å². The number of hydrogen-bond acceptors (Lipinski definition) is 1. The smallest absolute Gasteiger partial charge is 0.0796 e. The lowest BCUT2D eigenvalue weighted by atomic mass is 10.2. The summed E-state index contributed by atoms with van der Waals surface area (Å²) in [6.07, 6.45) is 3.82. The van der Waals surface area contributed by atoms with Crippen molar-refractivity contribution in [2.75, 3.05) is 6.54 Å². The molecule has 0 bridgehead atoms. The lowest BCUT2D eigenvalue weighted by Gasteiger charge is -2.03. The molecule has 1 unspecified atom stereocenters. The van der Waals surface area contributed by atoms with Crippen molar-refractivity contribution in [2.45, 2.75) is 38.6 Å². The normalized spacial score (nSPS) is 13.7. The third kappa shape index (κ3) is 8.25. The number of alkyl halides is 1. The van der Waals surface area contributed by atoms with Crippen LogP contribution in [-0.2, 0) is 0 Å². The molecule has 0 heterocycles. The number of nitrogens with one attached hydrogen (secondary N) is 1. The molecule has 0 aromatic heterocycles. The molecule has 0 aliphatic heterocycles. The second-order valence-corrected chi connectivity index (χ2v) is 2.93. The molecule has 56 valence electrons. The average Bonchev–Trinajstić information content (AvgIpc) is 1.80. The van der Waals surface area contributed by atoms with Crippen LogP contribution >= 0.6 is 11.6 Å². The molecule has 9 heavy (non-hydrogen) atoms. The summed E-state index contributed by atoms with van der Waals surface area (Å²) in [5.74, 6) is 0. The molecule has 1 atom stereocenters. The first-order valence-corrected chi connectivity index (χ1v) is 4.08. The summed E-state index contributed by atoms with van der Waals surface area (Å²) in [5, 5.41) is 3.15. The van der Waals surface area contributed by atoms with Crippen molar-refractivity contribution in [3.05, 3.63) is 0 Å². The molecule has 0 aliphatic rings. The summed E-state index contributed by atoms with van der Waals surface area (Å²) in [6, 6.07) is 0. The van der Waals surface area contributed by atoms with Crippen molar-refractivity contribution in [1.29, 1.82) is 0 Å². The fourth-order valence-corrected chi connectivity index (χ4v) is 0.785. The third-order valence-corrected chi connectivity index (χ3v) is 1.36. The first-order valence-electron chi connectivity index (χ1n) is 3.64. The van der Waals surface area contributed by atoms with Crippen LogP contribution < -0.4 is 5.32 Å². The molecule has 0 aromatic rings. The number of rotatable bonds is 5. The molecule has 0 rings (SSSR count). The van der Waals surface area contributed by atoms with Crippen LogP contribution in [0.4, 0.5) is 0 Å². The Kier molecular flexibility index (Phi) is 6.55. The van der Waals surface area contributed by atoms with Crippen molar-refractivity contribution < 1.29 is 0 Å². The molecule has 0 aliphatic carbocycles. The third-order valence-electron chi connectivity index (χ3n) is 1.21. The van der Waals surface area contributed by atoms with Crippen LogP contribution in [0.25, 0.3) is 0 Å². The van der Waals surface area contributed by atoms with Gasteiger partial charge in [0, 0.05) is 0 Å². The van der Waals surface area contributed by atoms with Gasteiger partial charge in [-0.2, -0.15) is 0 Å². The number of halogens is 1. The predicted molar refractivity (Wildman–Crippen MR) is 42.8 cm³/mol. The van der Waals surface area contributed by atoms with Crippen molar-refractivity contribution in [3.8, 4) is 0 Å². The Labute approximate surface area is 62.8 Å². The molecular weight excluding hydrogens is 134 g/mol. The van der Waals surface area contributed by atoms with Crippen LogP contribution in [0, 0.1) is 0 Å². The monoisotopic (exact) mass is 149 g/mol. The summed E-state index contributed by atoms with van der Waals surface area (Å²) >= 11 is 5.65. The van der Waals surface area contributed by atoms with E-state index in [1.54, 1.807) is 0 Å². The van der Waals surface area contributed by atoms with E-state index in [9.17, 15) is 0 Å². The number of hydrogen-bond donors (Lipinski definition) is 1. The summed E-state index contributed by atoms with van der Waals surface area (Å²) in [7, 11) is 0. The van der Waals surface area contributed by atoms with Gasteiger partial charge in [-0.25, -0.2) is 0 Å². The molecule has 0 aromatic carbocycles. The quantitative estimate of drug-likeness (QED) is 0.360. The Morgan fingerprint density at radius 2 is 2.11 bits per heavy atom. The molecule has 0 fully saturated rings.